The number of aromatic nitrogens is 1. The first-order chi connectivity index (χ1) is 10.9. The van der Waals surface area contributed by atoms with E-state index in [1.54, 1.807) is 0 Å². The number of aromatic carboxylic acids is 1. The van der Waals surface area contributed by atoms with Crippen LogP contribution in [0, 0.1) is 0 Å². The lowest BCUT2D eigenvalue weighted by atomic mass is 10.1. The Balaban J connectivity index is 2.04. The first kappa shape index (κ1) is 18.1. The minimum atomic E-state index is -2.29. The molecule has 0 aromatic carbocycles. The van der Waals surface area contributed by atoms with Crippen molar-refractivity contribution in [2.24, 2.45) is 0 Å². The fourth-order valence-corrected chi connectivity index (χ4v) is 2.56. The average Bonchev–Trinajstić information content (AvgIpc) is 2.81. The van der Waals surface area contributed by atoms with E-state index >= 15 is 0 Å². The Hall–Kier alpha value is -1.23. The zero-order chi connectivity index (χ0) is 17.0. The summed E-state index contributed by atoms with van der Waals surface area (Å²) in [6.45, 7) is -0.251. The summed E-state index contributed by atoms with van der Waals surface area (Å²) >= 11 is 0. The summed E-state index contributed by atoms with van der Waals surface area (Å²) in [7, 11) is -1.10. The molecule has 23 heavy (non-hydrogen) atoms. The van der Waals surface area contributed by atoms with Crippen molar-refractivity contribution in [1.82, 2.24) is 0 Å². The van der Waals surface area contributed by atoms with Crippen LogP contribution in [0.1, 0.15) is 16.6 Å². The van der Waals surface area contributed by atoms with Crippen LogP contribution in [0.25, 0.3) is 0 Å². The number of aliphatic hydroxyl groups excluding tert-OH is 2. The van der Waals surface area contributed by atoms with E-state index in [1.807, 2.05) is 0 Å². The maximum atomic E-state index is 11.0. The second-order valence-electron chi connectivity index (χ2n) is 4.67. The van der Waals surface area contributed by atoms with Crippen LogP contribution in [-0.2, 0) is 18.8 Å². The molecule has 5 atom stereocenters. The number of hydrogen-bond acceptors (Lipinski definition) is 8. The summed E-state index contributed by atoms with van der Waals surface area (Å²) in [5.74, 6) is -1.13. The third-order valence-electron chi connectivity index (χ3n) is 3.19. The minimum absolute atomic E-state index is 0.00450. The summed E-state index contributed by atoms with van der Waals surface area (Å²) in [6, 6.07) is 2.87. The molecule has 0 saturated carbocycles. The molecule has 0 amide bonds. The first-order valence-electron chi connectivity index (χ1n) is 6.52. The lowest BCUT2D eigenvalue weighted by Crippen LogP contribution is -2.46. The van der Waals surface area contributed by atoms with Gasteiger partial charge in [-0.2, -0.15) is 9.24 Å². The zero-order valence-electron chi connectivity index (χ0n) is 12.1. The predicted octanol–water partition coefficient (Wildman–Crippen LogP) is -0.895. The highest BCUT2D eigenvalue weighted by molar-refractivity contribution is 7.40. The van der Waals surface area contributed by atoms with E-state index < -0.39 is 39.1 Å². The number of pyridine rings is 1. The standard InChI is InChI=1S/C12H16NO9P/c1-19-22-23(18)20-6-8-9(14)10(15)11(21-8)13-4-2-3-7(5-13)12(16)17/h2-5,8-11,14-15,18H,6H2,1H3/p+1. The molecule has 5 unspecified atom stereocenters. The molecule has 4 N–H and O–H groups in total. The van der Waals surface area contributed by atoms with Gasteiger partial charge in [-0.3, -0.25) is 0 Å². The summed E-state index contributed by atoms with van der Waals surface area (Å²) in [6.07, 6.45) is -1.74. The van der Waals surface area contributed by atoms with Crippen LogP contribution in [0.5, 0.6) is 0 Å². The largest absolute Gasteiger partial charge is 0.477 e. The van der Waals surface area contributed by atoms with Crippen LogP contribution >= 0.6 is 8.60 Å². The Labute approximate surface area is 132 Å². The SMILES string of the molecule is COOP(O)OCC1OC([n+]2cccc(C(=O)O)c2)C(O)C1O. The van der Waals surface area contributed by atoms with E-state index in [9.17, 15) is 19.9 Å². The number of carboxylic acids is 1. The van der Waals surface area contributed by atoms with Gasteiger partial charge in [-0.05, 0) is 6.07 Å². The number of carbonyl (C=O) groups is 1. The van der Waals surface area contributed by atoms with E-state index in [0.717, 1.165) is 0 Å². The summed E-state index contributed by atoms with van der Waals surface area (Å²) in [4.78, 5) is 24.5. The van der Waals surface area contributed by atoms with Crippen LogP contribution in [-0.4, -0.2) is 58.2 Å². The van der Waals surface area contributed by atoms with Crippen molar-refractivity contribution in [3.05, 3.63) is 30.1 Å². The molecule has 1 saturated heterocycles. The summed E-state index contributed by atoms with van der Waals surface area (Å²) in [5, 5.41) is 29.0. The number of hydrogen-bond donors (Lipinski definition) is 4. The van der Waals surface area contributed by atoms with Gasteiger partial charge in [-0.15, -0.1) is 0 Å². The maximum absolute atomic E-state index is 11.0. The molecule has 0 bridgehead atoms. The van der Waals surface area contributed by atoms with Crippen LogP contribution in [0.4, 0.5) is 0 Å². The molecule has 128 valence electrons. The van der Waals surface area contributed by atoms with Crippen molar-refractivity contribution in [1.29, 1.82) is 0 Å². The van der Waals surface area contributed by atoms with Crippen molar-refractivity contribution in [2.75, 3.05) is 13.7 Å². The number of rotatable bonds is 7. The topological polar surface area (TPSA) is 139 Å². The molecule has 0 aliphatic carbocycles. The van der Waals surface area contributed by atoms with Gasteiger partial charge in [0.15, 0.2) is 18.5 Å². The molecule has 1 aromatic rings. The monoisotopic (exact) mass is 350 g/mol. The van der Waals surface area contributed by atoms with E-state index in [1.165, 1.54) is 36.2 Å². The Morgan fingerprint density at radius 1 is 1.43 bits per heavy atom. The fourth-order valence-electron chi connectivity index (χ4n) is 2.11. The first-order valence-corrected chi connectivity index (χ1v) is 7.65. The second kappa shape index (κ2) is 8.04. The fraction of sp³-hybridized carbons (Fsp3) is 0.500. The third-order valence-corrected chi connectivity index (χ3v) is 3.83. The van der Waals surface area contributed by atoms with E-state index in [4.69, 9.17) is 14.4 Å². The van der Waals surface area contributed by atoms with Gasteiger partial charge in [-0.1, -0.05) is 0 Å². The average molecular weight is 350 g/mol. The van der Waals surface area contributed by atoms with Gasteiger partial charge in [0.2, 0.25) is 0 Å². The van der Waals surface area contributed by atoms with Crippen LogP contribution in [0.2, 0.25) is 0 Å². The van der Waals surface area contributed by atoms with Crippen molar-refractivity contribution >= 4 is 14.6 Å². The van der Waals surface area contributed by atoms with Gasteiger partial charge >= 0.3 is 14.6 Å². The number of ether oxygens (including phenoxy) is 1. The zero-order valence-corrected chi connectivity index (χ0v) is 12.9. The third kappa shape index (κ3) is 4.40. The highest BCUT2D eigenvalue weighted by Gasteiger charge is 2.48. The molecule has 11 heteroatoms. The molecule has 0 radical (unpaired) electrons. The number of aliphatic hydroxyl groups is 2. The molecule has 1 aromatic heterocycles. The molecule has 2 rings (SSSR count). The number of carboxylic acid groups (broad SMARTS) is 1. The van der Waals surface area contributed by atoms with Gasteiger partial charge in [-0.25, -0.2) is 9.68 Å². The smallest absolute Gasteiger partial charge is 0.360 e. The summed E-state index contributed by atoms with van der Waals surface area (Å²) in [5.41, 5.74) is 0.00450. The van der Waals surface area contributed by atoms with Crippen molar-refractivity contribution < 1.29 is 48.4 Å². The Morgan fingerprint density at radius 2 is 2.17 bits per heavy atom. The summed E-state index contributed by atoms with van der Waals surface area (Å²) < 4.78 is 16.1. The van der Waals surface area contributed by atoms with Crippen molar-refractivity contribution in [2.45, 2.75) is 24.5 Å². The molecule has 10 nitrogen and oxygen atoms in total. The van der Waals surface area contributed by atoms with Gasteiger partial charge in [0.25, 0.3) is 6.23 Å². The van der Waals surface area contributed by atoms with Crippen molar-refractivity contribution in [3.8, 4) is 0 Å². The Bertz CT molecular complexity index is 545. The molecule has 0 spiro atoms. The lowest BCUT2D eigenvalue weighted by Gasteiger charge is -2.14. The molecular weight excluding hydrogens is 333 g/mol. The highest BCUT2D eigenvalue weighted by Crippen LogP contribution is 2.35. The molecule has 2 heterocycles. The van der Waals surface area contributed by atoms with Crippen LogP contribution in [0.3, 0.4) is 0 Å². The minimum Gasteiger partial charge on any atom is -0.477 e. The predicted molar refractivity (Wildman–Crippen MR) is 72.7 cm³/mol. The quantitative estimate of drug-likeness (QED) is 0.213. The van der Waals surface area contributed by atoms with E-state index in [0.29, 0.717) is 0 Å². The normalized spacial score (nSPS) is 28.7. The lowest BCUT2D eigenvalue weighted by molar-refractivity contribution is -0.765. The van der Waals surface area contributed by atoms with Gasteiger partial charge < -0.3 is 29.5 Å². The molecule has 1 fully saturated rings. The van der Waals surface area contributed by atoms with Crippen LogP contribution in [0.15, 0.2) is 24.5 Å². The van der Waals surface area contributed by atoms with Crippen molar-refractivity contribution in [3.63, 3.8) is 0 Å². The molecular formula is C12H17NO9P+. The number of nitrogens with zero attached hydrogens (tertiary/aromatic N) is 1. The molecule has 1 aliphatic heterocycles. The molecule has 1 aliphatic rings. The Kier molecular flexibility index (Phi) is 6.33. The van der Waals surface area contributed by atoms with E-state index in [-0.39, 0.29) is 12.2 Å². The van der Waals surface area contributed by atoms with E-state index in [2.05, 4.69) is 9.56 Å². The van der Waals surface area contributed by atoms with Crippen LogP contribution < -0.4 is 4.57 Å². The van der Waals surface area contributed by atoms with Gasteiger partial charge in [0.1, 0.15) is 17.8 Å². The Morgan fingerprint density at radius 3 is 2.83 bits per heavy atom. The highest BCUT2D eigenvalue weighted by atomic mass is 31.2. The van der Waals surface area contributed by atoms with Gasteiger partial charge in [0, 0.05) is 6.07 Å². The second-order valence-corrected chi connectivity index (χ2v) is 5.55. The maximum Gasteiger partial charge on any atom is 0.360 e. The van der Waals surface area contributed by atoms with Gasteiger partial charge in [0.05, 0.1) is 13.7 Å².